The first kappa shape index (κ1) is 35.6. The van der Waals surface area contributed by atoms with Crippen LogP contribution in [0.1, 0.15) is 123 Å². The predicted octanol–water partition coefficient (Wildman–Crippen LogP) is 7.67. The van der Waals surface area contributed by atoms with Crippen molar-refractivity contribution in [1.82, 2.24) is 20.0 Å². The molecule has 0 unspecified atom stereocenters. The Balaban J connectivity index is 1.59. The van der Waals surface area contributed by atoms with Gasteiger partial charge in [0.2, 0.25) is 11.8 Å². The Hall–Kier alpha value is -3.74. The summed E-state index contributed by atoms with van der Waals surface area (Å²) in [5.41, 5.74) is 5.61. The summed E-state index contributed by atoms with van der Waals surface area (Å²) in [5, 5.41) is 8.17. The molecule has 258 valence electrons. The van der Waals surface area contributed by atoms with E-state index in [1.807, 2.05) is 61.9 Å². The van der Waals surface area contributed by atoms with E-state index in [4.69, 9.17) is 5.10 Å². The number of fused-ring (bicyclic) bond motifs is 1. The fourth-order valence-electron chi connectivity index (χ4n) is 7.27. The number of rotatable bonds is 8. The maximum Gasteiger partial charge on any atom is 0.247 e. The van der Waals surface area contributed by atoms with Gasteiger partial charge in [-0.25, -0.2) is 4.68 Å². The fourth-order valence-corrected chi connectivity index (χ4v) is 7.27. The number of piperazine rings is 1. The molecule has 1 aliphatic carbocycles. The highest BCUT2D eigenvalue weighted by Gasteiger charge is 2.49. The lowest BCUT2D eigenvalue weighted by Gasteiger charge is -2.45. The summed E-state index contributed by atoms with van der Waals surface area (Å²) < 4.78 is 2.01. The van der Waals surface area contributed by atoms with Gasteiger partial charge in [0, 0.05) is 22.9 Å². The zero-order chi connectivity index (χ0) is 35.3. The largest absolute Gasteiger partial charge is 0.342 e. The molecule has 2 heterocycles. The van der Waals surface area contributed by atoms with E-state index in [2.05, 4.69) is 78.9 Å². The molecule has 1 N–H and O–H groups in total. The van der Waals surface area contributed by atoms with Gasteiger partial charge in [-0.2, -0.15) is 5.10 Å². The number of hydrogen-bond acceptors (Lipinski definition) is 4. The first-order valence-corrected chi connectivity index (χ1v) is 17.7. The standard InChI is InChI=1S/C41H56N4O3/c1-25(2)20-31-37(47)42-35(29-21-27-14-12-13-15-28(27)22-29)38(48)44(31)36(32(46)24-39(3,4)5)26-16-18-30(19-17-26)45-34(41(9,10)11)23-33(43-45)40(6,7)8/h12-19,23,25,29,31,35-36H,20-22,24H2,1-11H3,(H,42,47)/t31-,35-,36-/m1/s1. The predicted molar refractivity (Wildman–Crippen MR) is 192 cm³/mol. The molecule has 2 amide bonds. The van der Waals surface area contributed by atoms with Gasteiger partial charge in [0.25, 0.3) is 0 Å². The quantitative estimate of drug-likeness (QED) is 0.271. The Kier molecular flexibility index (Phi) is 9.59. The van der Waals surface area contributed by atoms with Gasteiger partial charge in [0.05, 0.1) is 11.4 Å². The van der Waals surface area contributed by atoms with Crippen molar-refractivity contribution in [2.45, 2.75) is 131 Å². The third kappa shape index (κ3) is 7.45. The molecule has 1 aromatic heterocycles. The summed E-state index contributed by atoms with van der Waals surface area (Å²) in [6, 6.07) is 16.1. The van der Waals surface area contributed by atoms with Crippen molar-refractivity contribution in [3.63, 3.8) is 0 Å². The smallest absolute Gasteiger partial charge is 0.247 e. The zero-order valence-corrected chi connectivity index (χ0v) is 31.0. The van der Waals surface area contributed by atoms with E-state index in [9.17, 15) is 14.4 Å². The van der Waals surface area contributed by atoms with Crippen molar-refractivity contribution < 1.29 is 14.4 Å². The number of hydrogen-bond donors (Lipinski definition) is 1. The number of nitrogens with zero attached hydrogens (tertiary/aromatic N) is 3. The second-order valence-electron chi connectivity index (χ2n) is 17.8. The highest BCUT2D eigenvalue weighted by molar-refractivity contribution is 6.00. The van der Waals surface area contributed by atoms with E-state index >= 15 is 0 Å². The van der Waals surface area contributed by atoms with Crippen molar-refractivity contribution in [2.24, 2.45) is 17.3 Å². The number of carbonyl (C=O) groups is 3. The molecule has 2 aromatic carbocycles. The molecule has 0 bridgehead atoms. The van der Waals surface area contributed by atoms with Crippen LogP contribution in [0.5, 0.6) is 0 Å². The Morgan fingerprint density at radius 2 is 1.46 bits per heavy atom. The summed E-state index contributed by atoms with van der Waals surface area (Å²) in [7, 11) is 0. The average Bonchev–Trinajstić information content (AvgIpc) is 3.61. The number of carbonyl (C=O) groups excluding carboxylic acids is 3. The number of aromatic nitrogens is 2. The molecule has 48 heavy (non-hydrogen) atoms. The van der Waals surface area contributed by atoms with Crippen LogP contribution in [-0.4, -0.2) is 44.4 Å². The Morgan fingerprint density at radius 1 is 0.875 bits per heavy atom. The van der Waals surface area contributed by atoms with Crippen LogP contribution in [0.4, 0.5) is 0 Å². The number of amides is 2. The van der Waals surface area contributed by atoms with Crippen molar-refractivity contribution in [2.75, 3.05) is 0 Å². The highest BCUT2D eigenvalue weighted by atomic mass is 16.2. The molecule has 3 aromatic rings. The molecular weight excluding hydrogens is 596 g/mol. The lowest BCUT2D eigenvalue weighted by atomic mass is 9.83. The van der Waals surface area contributed by atoms with Crippen LogP contribution in [0.2, 0.25) is 0 Å². The van der Waals surface area contributed by atoms with Gasteiger partial charge in [-0.05, 0) is 71.4 Å². The molecule has 1 fully saturated rings. The normalized spacial score (nSPS) is 19.9. The molecule has 1 aliphatic heterocycles. The third-order valence-electron chi connectivity index (χ3n) is 9.69. The first-order chi connectivity index (χ1) is 22.2. The second-order valence-corrected chi connectivity index (χ2v) is 17.8. The fraction of sp³-hybridized carbons (Fsp3) is 0.561. The van der Waals surface area contributed by atoms with Crippen LogP contribution in [0, 0.1) is 17.3 Å². The minimum Gasteiger partial charge on any atom is -0.342 e. The molecule has 3 atom stereocenters. The van der Waals surface area contributed by atoms with Crippen LogP contribution in [0.25, 0.3) is 5.69 Å². The van der Waals surface area contributed by atoms with Gasteiger partial charge in [-0.1, -0.05) is 113 Å². The minimum absolute atomic E-state index is 0.0509. The number of ketones is 1. The van der Waals surface area contributed by atoms with Crippen molar-refractivity contribution in [3.05, 3.63) is 82.7 Å². The van der Waals surface area contributed by atoms with E-state index in [1.54, 1.807) is 4.90 Å². The second kappa shape index (κ2) is 12.9. The van der Waals surface area contributed by atoms with E-state index in [0.29, 0.717) is 6.42 Å². The van der Waals surface area contributed by atoms with E-state index < -0.39 is 18.1 Å². The molecule has 1 saturated heterocycles. The summed E-state index contributed by atoms with van der Waals surface area (Å²) in [6.07, 6.45) is 2.20. The monoisotopic (exact) mass is 652 g/mol. The van der Waals surface area contributed by atoms with E-state index in [1.165, 1.54) is 11.1 Å². The maximum atomic E-state index is 14.8. The molecule has 2 aliphatic rings. The summed E-state index contributed by atoms with van der Waals surface area (Å²) in [5.74, 6) is -0.293. The van der Waals surface area contributed by atoms with Gasteiger partial charge in [0.15, 0.2) is 5.78 Å². The summed E-state index contributed by atoms with van der Waals surface area (Å²) >= 11 is 0. The Morgan fingerprint density at radius 3 is 1.96 bits per heavy atom. The number of nitrogens with one attached hydrogen (secondary N) is 1. The Labute approximate surface area is 287 Å². The number of benzene rings is 2. The van der Waals surface area contributed by atoms with Crippen molar-refractivity contribution >= 4 is 17.6 Å². The minimum atomic E-state index is -0.878. The summed E-state index contributed by atoms with van der Waals surface area (Å²) in [6.45, 7) is 23.3. The van der Waals surface area contributed by atoms with E-state index in [-0.39, 0.29) is 52.1 Å². The molecule has 0 radical (unpaired) electrons. The lowest BCUT2D eigenvalue weighted by Crippen LogP contribution is -2.66. The molecular formula is C41H56N4O3. The van der Waals surface area contributed by atoms with Crippen molar-refractivity contribution in [3.8, 4) is 5.69 Å². The highest BCUT2D eigenvalue weighted by Crippen LogP contribution is 2.38. The van der Waals surface area contributed by atoms with Crippen LogP contribution >= 0.6 is 0 Å². The maximum absolute atomic E-state index is 14.8. The Bertz CT molecular complexity index is 1640. The molecule has 7 heteroatoms. The molecule has 0 spiro atoms. The van der Waals surface area contributed by atoms with Crippen LogP contribution in [0.15, 0.2) is 54.6 Å². The van der Waals surface area contributed by atoms with Gasteiger partial charge in [-0.3, -0.25) is 14.4 Å². The third-order valence-corrected chi connectivity index (χ3v) is 9.69. The van der Waals surface area contributed by atoms with Gasteiger partial charge in [-0.15, -0.1) is 0 Å². The van der Waals surface area contributed by atoms with Crippen LogP contribution < -0.4 is 5.32 Å². The van der Waals surface area contributed by atoms with E-state index in [0.717, 1.165) is 35.5 Å². The molecule has 7 nitrogen and oxygen atoms in total. The van der Waals surface area contributed by atoms with Crippen LogP contribution in [0.3, 0.4) is 0 Å². The molecule has 5 rings (SSSR count). The van der Waals surface area contributed by atoms with Crippen LogP contribution in [-0.2, 0) is 38.1 Å². The van der Waals surface area contributed by atoms with Gasteiger partial charge >= 0.3 is 0 Å². The van der Waals surface area contributed by atoms with Crippen molar-refractivity contribution in [1.29, 1.82) is 0 Å². The topological polar surface area (TPSA) is 84.3 Å². The summed E-state index contributed by atoms with van der Waals surface area (Å²) in [4.78, 5) is 44.9. The lowest BCUT2D eigenvalue weighted by molar-refractivity contribution is -0.157. The SMILES string of the molecule is CC(C)C[C@@H]1C(=O)N[C@H](C2Cc3ccccc3C2)C(=O)N1[C@@H](C(=O)CC(C)(C)C)c1ccc(-n2nc(C(C)(C)C)cc2C(C)(C)C)cc1. The van der Waals surface area contributed by atoms with Gasteiger partial charge < -0.3 is 10.2 Å². The number of Topliss-reactive ketones (excluding diaryl/α,β-unsaturated/α-hetero) is 1. The molecule has 0 saturated carbocycles. The average molecular weight is 653 g/mol. The van der Waals surface area contributed by atoms with Gasteiger partial charge in [0.1, 0.15) is 18.1 Å². The first-order valence-electron chi connectivity index (χ1n) is 17.7. The zero-order valence-electron chi connectivity index (χ0n) is 31.0.